The van der Waals surface area contributed by atoms with Gasteiger partial charge in [-0.25, -0.2) is 18.1 Å². The number of allylic oxidation sites excluding steroid dienone is 5. The SMILES string of the molecule is CC/C=C(C)\C(O/C(CC(=O)NS(=O)(=O)c1cccn(C)c1=O)=N/C(=C\CC)C(C)(C)C)=C(\C)CC. The number of nitrogens with zero attached hydrogens (tertiary/aromatic N) is 2. The topological polar surface area (TPSA) is 107 Å². The van der Waals surface area contributed by atoms with Gasteiger partial charge < -0.3 is 9.30 Å². The Morgan fingerprint density at radius 1 is 1.14 bits per heavy atom. The average Bonchev–Trinajstić information content (AvgIpc) is 2.77. The Hall–Kier alpha value is -2.94. The lowest BCUT2D eigenvalue weighted by Crippen LogP contribution is -2.36. The molecule has 1 amide bonds. The molecule has 0 unspecified atom stereocenters. The average molecular weight is 520 g/mol. The van der Waals surface area contributed by atoms with Crippen LogP contribution in [0.2, 0.25) is 0 Å². The summed E-state index contributed by atoms with van der Waals surface area (Å²) in [6, 6.07) is 2.59. The van der Waals surface area contributed by atoms with Crippen LogP contribution in [-0.4, -0.2) is 24.8 Å². The van der Waals surface area contributed by atoms with Crippen molar-refractivity contribution >= 4 is 21.8 Å². The van der Waals surface area contributed by atoms with Crippen molar-refractivity contribution in [3.05, 3.63) is 63.4 Å². The first kappa shape index (κ1) is 31.1. The van der Waals surface area contributed by atoms with Gasteiger partial charge >= 0.3 is 0 Å². The van der Waals surface area contributed by atoms with E-state index < -0.39 is 32.8 Å². The molecule has 1 heterocycles. The number of aromatic nitrogens is 1. The summed E-state index contributed by atoms with van der Waals surface area (Å²) in [6.45, 7) is 15.9. The summed E-state index contributed by atoms with van der Waals surface area (Å²) < 4.78 is 34.9. The summed E-state index contributed by atoms with van der Waals surface area (Å²) in [5.41, 5.74) is 1.54. The summed E-state index contributed by atoms with van der Waals surface area (Å²) in [4.78, 5) is 29.4. The van der Waals surface area contributed by atoms with E-state index in [0.29, 0.717) is 5.76 Å². The summed E-state index contributed by atoms with van der Waals surface area (Å²) in [7, 11) is -2.94. The van der Waals surface area contributed by atoms with Crippen LogP contribution in [0.25, 0.3) is 0 Å². The Labute approximate surface area is 215 Å². The van der Waals surface area contributed by atoms with E-state index in [1.165, 1.54) is 19.3 Å². The number of aryl methyl sites for hydroxylation is 1. The molecule has 0 bridgehead atoms. The molecule has 0 aliphatic heterocycles. The number of rotatable bonds is 10. The molecule has 9 heteroatoms. The van der Waals surface area contributed by atoms with E-state index in [-0.39, 0.29) is 11.3 Å². The Bertz CT molecular complexity index is 1230. The number of carbonyl (C=O) groups is 1. The van der Waals surface area contributed by atoms with E-state index in [9.17, 15) is 18.0 Å². The van der Waals surface area contributed by atoms with E-state index in [2.05, 4.69) is 4.99 Å². The smallest absolute Gasteiger partial charge is 0.270 e. The first-order chi connectivity index (χ1) is 16.7. The van der Waals surface area contributed by atoms with Crippen LogP contribution in [-0.2, 0) is 26.6 Å². The van der Waals surface area contributed by atoms with E-state index in [4.69, 9.17) is 4.74 Å². The normalized spacial score (nSPS) is 14.4. The van der Waals surface area contributed by atoms with Gasteiger partial charge in [0.05, 0.1) is 0 Å². The molecule has 0 aliphatic carbocycles. The molecule has 0 spiro atoms. The highest BCUT2D eigenvalue weighted by molar-refractivity contribution is 7.90. The van der Waals surface area contributed by atoms with E-state index in [1.54, 1.807) is 0 Å². The van der Waals surface area contributed by atoms with Gasteiger partial charge in [0.2, 0.25) is 11.8 Å². The molecule has 1 rings (SSSR count). The summed E-state index contributed by atoms with van der Waals surface area (Å²) in [6.07, 6.45) is 7.25. The lowest BCUT2D eigenvalue weighted by atomic mass is 9.91. The molecule has 1 aromatic heterocycles. The van der Waals surface area contributed by atoms with Gasteiger partial charge in [0.25, 0.3) is 15.6 Å². The zero-order valence-corrected chi connectivity index (χ0v) is 23.9. The number of ether oxygens (including phenoxy) is 1. The van der Waals surface area contributed by atoms with Gasteiger partial charge in [-0.1, -0.05) is 53.7 Å². The zero-order valence-electron chi connectivity index (χ0n) is 23.1. The van der Waals surface area contributed by atoms with Crippen molar-refractivity contribution in [2.24, 2.45) is 17.5 Å². The van der Waals surface area contributed by atoms with Crippen molar-refractivity contribution in [1.82, 2.24) is 9.29 Å². The van der Waals surface area contributed by atoms with E-state index >= 15 is 0 Å². The highest BCUT2D eigenvalue weighted by Gasteiger charge is 2.25. The summed E-state index contributed by atoms with van der Waals surface area (Å²) in [5, 5.41) is 0. The van der Waals surface area contributed by atoms with Crippen LogP contribution in [0.3, 0.4) is 0 Å². The van der Waals surface area contributed by atoms with Gasteiger partial charge in [-0.3, -0.25) is 9.59 Å². The second-order valence-electron chi connectivity index (χ2n) is 9.61. The molecule has 36 heavy (non-hydrogen) atoms. The van der Waals surface area contributed by atoms with Crippen molar-refractivity contribution in [2.45, 2.75) is 86.0 Å². The first-order valence-electron chi connectivity index (χ1n) is 12.2. The third-order valence-corrected chi connectivity index (χ3v) is 6.74. The summed E-state index contributed by atoms with van der Waals surface area (Å²) >= 11 is 0. The van der Waals surface area contributed by atoms with Crippen molar-refractivity contribution in [3.63, 3.8) is 0 Å². The molecule has 0 radical (unpaired) electrons. The monoisotopic (exact) mass is 519 g/mol. The quantitative estimate of drug-likeness (QED) is 0.193. The lowest BCUT2D eigenvalue weighted by molar-refractivity contribution is -0.118. The maximum Gasteiger partial charge on any atom is 0.270 e. The molecule has 1 N–H and O–H groups in total. The van der Waals surface area contributed by atoms with Crippen LogP contribution < -0.4 is 10.3 Å². The fraction of sp³-hybridized carbons (Fsp3) is 0.519. The second-order valence-corrected chi connectivity index (χ2v) is 11.3. The number of amides is 1. The number of nitrogens with one attached hydrogen (secondary N) is 1. The van der Waals surface area contributed by atoms with Crippen LogP contribution in [0, 0.1) is 5.41 Å². The number of pyridine rings is 1. The lowest BCUT2D eigenvalue weighted by Gasteiger charge is -2.22. The summed E-state index contributed by atoms with van der Waals surface area (Å²) in [5.74, 6) is -0.171. The highest BCUT2D eigenvalue weighted by Crippen LogP contribution is 2.28. The molecule has 0 saturated heterocycles. The first-order valence-corrected chi connectivity index (χ1v) is 13.7. The van der Waals surface area contributed by atoms with Gasteiger partial charge in [-0.05, 0) is 56.4 Å². The fourth-order valence-electron chi connectivity index (χ4n) is 3.28. The van der Waals surface area contributed by atoms with Gasteiger partial charge in [-0.2, -0.15) is 0 Å². The Morgan fingerprint density at radius 3 is 2.28 bits per heavy atom. The van der Waals surface area contributed by atoms with Gasteiger partial charge in [-0.15, -0.1) is 0 Å². The van der Waals surface area contributed by atoms with Crippen molar-refractivity contribution in [2.75, 3.05) is 0 Å². The van der Waals surface area contributed by atoms with Gasteiger partial charge in [0.1, 0.15) is 12.2 Å². The highest BCUT2D eigenvalue weighted by atomic mass is 32.2. The van der Waals surface area contributed by atoms with Crippen LogP contribution in [0.15, 0.2) is 67.8 Å². The standard InChI is InChI=1S/C27H41N3O5S/c1-10-14-20(5)25(19(4)12-3)35-24(28-22(15-11-2)27(6,7)8)18-23(31)29-36(33,34)21-16-13-17-30(9)26(21)32/h13-17H,10-12,18H2,1-9H3,(H,29,31)/b20-14-,22-15-,25-19+,28-24+. The molecule has 0 fully saturated rings. The minimum Gasteiger partial charge on any atom is -0.442 e. The van der Waals surface area contributed by atoms with Crippen molar-refractivity contribution in [1.29, 1.82) is 0 Å². The molecule has 8 nitrogen and oxygen atoms in total. The van der Waals surface area contributed by atoms with Crippen LogP contribution >= 0.6 is 0 Å². The number of carbonyl (C=O) groups excluding carboxylic acids is 1. The molecular weight excluding hydrogens is 478 g/mol. The maximum absolute atomic E-state index is 12.9. The minimum atomic E-state index is -4.38. The maximum atomic E-state index is 12.9. The third-order valence-electron chi connectivity index (χ3n) is 5.36. The predicted molar refractivity (Wildman–Crippen MR) is 145 cm³/mol. The van der Waals surface area contributed by atoms with E-state index in [1.807, 2.05) is 72.3 Å². The van der Waals surface area contributed by atoms with Gasteiger partial charge in [0.15, 0.2) is 4.90 Å². The second kappa shape index (κ2) is 13.4. The predicted octanol–water partition coefficient (Wildman–Crippen LogP) is 5.38. The Morgan fingerprint density at radius 2 is 1.75 bits per heavy atom. The molecule has 200 valence electrons. The zero-order chi connectivity index (χ0) is 27.7. The van der Waals surface area contributed by atoms with Crippen LogP contribution in [0.1, 0.15) is 81.1 Å². The number of sulfonamides is 1. The molecule has 0 atom stereocenters. The van der Waals surface area contributed by atoms with E-state index in [0.717, 1.165) is 46.7 Å². The fourth-order valence-corrected chi connectivity index (χ4v) is 4.40. The van der Waals surface area contributed by atoms with Crippen LogP contribution in [0.5, 0.6) is 0 Å². The van der Waals surface area contributed by atoms with Crippen molar-refractivity contribution < 1.29 is 17.9 Å². The molecular formula is C27H41N3O5S. The molecule has 0 saturated carbocycles. The Kier molecular flexibility index (Phi) is 11.6. The largest absolute Gasteiger partial charge is 0.442 e. The van der Waals surface area contributed by atoms with Crippen LogP contribution in [0.4, 0.5) is 0 Å². The molecule has 0 aromatic carbocycles. The van der Waals surface area contributed by atoms with Gasteiger partial charge in [0, 0.05) is 24.4 Å². The third kappa shape index (κ3) is 8.93. The molecule has 0 aliphatic rings. The minimum absolute atomic E-state index is 0.0740. The van der Waals surface area contributed by atoms with Crippen molar-refractivity contribution in [3.8, 4) is 0 Å². The Balaban J connectivity index is 3.50. The number of aliphatic imine (C=N–C) groups is 1. The number of hydrogen-bond donors (Lipinski definition) is 1. The molecule has 1 aromatic rings. The number of hydrogen-bond acceptors (Lipinski definition) is 6.